The van der Waals surface area contributed by atoms with Crippen molar-refractivity contribution in [2.45, 2.75) is 58.3 Å². The van der Waals surface area contributed by atoms with Crippen LogP contribution in [0.2, 0.25) is 0 Å². The van der Waals surface area contributed by atoms with Gasteiger partial charge in [0.05, 0.1) is 4.86 Å². The van der Waals surface area contributed by atoms with E-state index < -0.39 is 0 Å². The van der Waals surface area contributed by atoms with E-state index in [-0.39, 0.29) is 5.78 Å². The van der Waals surface area contributed by atoms with Crippen LogP contribution in [0.25, 0.3) is 0 Å². The molecule has 0 unspecified atom stereocenters. The normalized spacial score (nSPS) is 10.3. The number of carbonyl (C=O) groups excluding carboxylic acids is 1. The average Bonchev–Trinajstić information content (AvgIpc) is 2.21. The highest BCUT2D eigenvalue weighted by molar-refractivity contribution is 7.82. The monoisotopic (exact) mass is 246 g/mol. The Balaban J connectivity index is 3.11. The van der Waals surface area contributed by atoms with Gasteiger partial charge in [-0.25, -0.2) is 0 Å². The van der Waals surface area contributed by atoms with E-state index in [0.717, 1.165) is 18.6 Å². The molecule has 3 heteroatoms. The van der Waals surface area contributed by atoms with Gasteiger partial charge in [0.1, 0.15) is 0 Å². The lowest BCUT2D eigenvalue weighted by molar-refractivity contribution is -0.111. The van der Waals surface area contributed by atoms with E-state index in [2.05, 4.69) is 12.6 Å². The summed E-state index contributed by atoms with van der Waals surface area (Å²) in [5.74, 6) is 1.08. The third-order valence-corrected chi connectivity index (χ3v) is 3.26. The summed E-state index contributed by atoms with van der Waals surface area (Å²) in [4.78, 5) is 11.4. The van der Waals surface area contributed by atoms with Crippen LogP contribution < -0.4 is 0 Å². The minimum Gasteiger partial charge on any atom is -0.294 e. The third-order valence-electron chi connectivity index (χ3n) is 2.45. The summed E-state index contributed by atoms with van der Waals surface area (Å²) in [5.41, 5.74) is 0. The summed E-state index contributed by atoms with van der Waals surface area (Å²) in [6, 6.07) is 0. The van der Waals surface area contributed by atoms with Crippen molar-refractivity contribution < 1.29 is 4.79 Å². The lowest BCUT2D eigenvalue weighted by Crippen LogP contribution is -2.05. The van der Waals surface area contributed by atoms with Gasteiger partial charge in [0.25, 0.3) is 0 Å². The molecular formula is C12H22OS2. The van der Waals surface area contributed by atoms with Crippen LogP contribution in [0, 0.1) is 0 Å². The van der Waals surface area contributed by atoms with E-state index in [0.29, 0.717) is 4.86 Å². The highest BCUT2D eigenvalue weighted by atomic mass is 32.1. The molecule has 0 N–H and O–H groups in total. The summed E-state index contributed by atoms with van der Waals surface area (Å²) >= 11 is 9.13. The fourth-order valence-corrected chi connectivity index (χ4v) is 1.83. The number of Topliss-reactive ketones (excluding diaryl/α,β-unsaturated/α-hetero) is 1. The van der Waals surface area contributed by atoms with Crippen LogP contribution in [0.1, 0.15) is 58.3 Å². The number of ketones is 1. The Bertz CT molecular complexity index is 190. The maximum Gasteiger partial charge on any atom is 0.166 e. The molecule has 0 aromatic heterocycles. The molecule has 0 spiro atoms. The fourth-order valence-electron chi connectivity index (χ4n) is 1.46. The number of thiol groups is 1. The van der Waals surface area contributed by atoms with Crippen LogP contribution in [0.4, 0.5) is 0 Å². The molecule has 0 heterocycles. The van der Waals surface area contributed by atoms with E-state index in [9.17, 15) is 4.79 Å². The first-order chi connectivity index (χ1) is 7.18. The smallest absolute Gasteiger partial charge is 0.166 e. The van der Waals surface area contributed by atoms with Crippen LogP contribution in [0.5, 0.6) is 0 Å². The predicted molar refractivity (Wildman–Crippen MR) is 74.1 cm³/mol. The van der Waals surface area contributed by atoms with Crippen LogP contribution in [-0.2, 0) is 4.79 Å². The molecule has 0 saturated heterocycles. The topological polar surface area (TPSA) is 17.1 Å². The second-order valence-electron chi connectivity index (χ2n) is 3.93. The quantitative estimate of drug-likeness (QED) is 0.356. The summed E-state index contributed by atoms with van der Waals surface area (Å²) in [5, 5.41) is 0. The molecule has 0 aromatic carbocycles. The van der Waals surface area contributed by atoms with E-state index in [1.807, 2.05) is 0 Å². The highest BCUT2D eigenvalue weighted by Crippen LogP contribution is 2.09. The van der Waals surface area contributed by atoms with Crippen LogP contribution in [-0.4, -0.2) is 16.4 Å². The Morgan fingerprint density at radius 1 is 1.00 bits per heavy atom. The molecule has 1 nitrogen and oxygen atoms in total. The highest BCUT2D eigenvalue weighted by Gasteiger charge is 2.01. The molecule has 0 aliphatic heterocycles. The standard InChI is InChI=1S/C12H22OS2/c1-11(13)12(15)9-7-5-3-2-4-6-8-10-14/h14H,2-10H2,1H3. The van der Waals surface area contributed by atoms with E-state index in [1.165, 1.54) is 38.5 Å². The first-order valence-electron chi connectivity index (χ1n) is 5.83. The number of hydrogen-bond donors (Lipinski definition) is 1. The van der Waals surface area contributed by atoms with Gasteiger partial charge in [-0.2, -0.15) is 12.6 Å². The minimum atomic E-state index is 0.0683. The number of thiocarbonyl (C=S) groups is 1. The largest absolute Gasteiger partial charge is 0.294 e. The lowest BCUT2D eigenvalue weighted by Gasteiger charge is -2.01. The molecule has 0 rings (SSSR count). The van der Waals surface area contributed by atoms with Crippen molar-refractivity contribution in [3.63, 3.8) is 0 Å². The Hall–Kier alpha value is 0.110. The molecule has 0 amide bonds. The van der Waals surface area contributed by atoms with Gasteiger partial charge in [0.2, 0.25) is 0 Å². The van der Waals surface area contributed by atoms with Gasteiger partial charge in [0.15, 0.2) is 5.78 Å². The van der Waals surface area contributed by atoms with Crippen molar-refractivity contribution in [3.05, 3.63) is 0 Å². The maximum atomic E-state index is 10.8. The molecule has 0 aliphatic rings. The average molecular weight is 246 g/mol. The molecule has 0 aliphatic carbocycles. The molecule has 0 radical (unpaired) electrons. The lowest BCUT2D eigenvalue weighted by atomic mass is 10.1. The van der Waals surface area contributed by atoms with Crippen molar-refractivity contribution in [2.24, 2.45) is 0 Å². The van der Waals surface area contributed by atoms with Gasteiger partial charge in [-0.15, -0.1) is 0 Å². The molecule has 0 saturated carbocycles. The van der Waals surface area contributed by atoms with Gasteiger partial charge in [-0.3, -0.25) is 4.79 Å². The summed E-state index contributed by atoms with van der Waals surface area (Å²) in [6.45, 7) is 1.56. The van der Waals surface area contributed by atoms with Gasteiger partial charge >= 0.3 is 0 Å². The first-order valence-corrected chi connectivity index (χ1v) is 6.87. The number of unbranched alkanes of at least 4 members (excludes halogenated alkanes) is 6. The Labute approximate surface area is 104 Å². The van der Waals surface area contributed by atoms with E-state index >= 15 is 0 Å². The van der Waals surface area contributed by atoms with Crippen molar-refractivity contribution in [1.29, 1.82) is 0 Å². The van der Waals surface area contributed by atoms with Gasteiger partial charge in [-0.1, -0.05) is 44.3 Å². The zero-order chi connectivity index (χ0) is 11.5. The van der Waals surface area contributed by atoms with Crippen molar-refractivity contribution in [1.82, 2.24) is 0 Å². The molecule has 88 valence electrons. The maximum absolute atomic E-state index is 10.8. The van der Waals surface area contributed by atoms with Crippen LogP contribution >= 0.6 is 24.8 Å². The van der Waals surface area contributed by atoms with E-state index in [1.54, 1.807) is 6.92 Å². The summed E-state index contributed by atoms with van der Waals surface area (Å²) in [6.07, 6.45) is 9.51. The SMILES string of the molecule is CC(=O)C(=S)CCCCCCCCCS. The van der Waals surface area contributed by atoms with Gasteiger partial charge in [-0.05, 0) is 31.9 Å². The predicted octanol–water partition coefficient (Wildman–Crippen LogP) is 4.00. The fraction of sp³-hybridized carbons (Fsp3) is 0.833. The summed E-state index contributed by atoms with van der Waals surface area (Å²) in [7, 11) is 0. The van der Waals surface area contributed by atoms with Crippen LogP contribution in [0.15, 0.2) is 0 Å². The zero-order valence-corrected chi connectivity index (χ0v) is 11.3. The molecular weight excluding hydrogens is 224 g/mol. The Kier molecular flexibility index (Phi) is 10.7. The molecule has 15 heavy (non-hydrogen) atoms. The van der Waals surface area contributed by atoms with Gasteiger partial charge < -0.3 is 0 Å². The number of carbonyl (C=O) groups is 1. The molecule has 0 bridgehead atoms. The van der Waals surface area contributed by atoms with Crippen molar-refractivity contribution >= 4 is 35.5 Å². The minimum absolute atomic E-state index is 0.0683. The Morgan fingerprint density at radius 3 is 1.93 bits per heavy atom. The zero-order valence-electron chi connectivity index (χ0n) is 9.63. The van der Waals surface area contributed by atoms with Crippen LogP contribution in [0.3, 0.4) is 0 Å². The molecule has 0 atom stereocenters. The number of hydrogen-bond acceptors (Lipinski definition) is 3. The number of rotatable bonds is 10. The van der Waals surface area contributed by atoms with Crippen molar-refractivity contribution in [3.8, 4) is 0 Å². The molecule has 0 fully saturated rings. The third kappa shape index (κ3) is 10.4. The second-order valence-corrected chi connectivity index (χ2v) is 4.87. The molecule has 0 aromatic rings. The summed E-state index contributed by atoms with van der Waals surface area (Å²) < 4.78 is 0. The van der Waals surface area contributed by atoms with E-state index in [4.69, 9.17) is 12.2 Å². The van der Waals surface area contributed by atoms with Crippen molar-refractivity contribution in [2.75, 3.05) is 5.75 Å². The van der Waals surface area contributed by atoms with Gasteiger partial charge in [0, 0.05) is 0 Å². The first kappa shape index (κ1) is 15.1. The Morgan fingerprint density at radius 2 is 1.47 bits per heavy atom. The second kappa shape index (κ2) is 10.6.